The summed E-state index contributed by atoms with van der Waals surface area (Å²) >= 11 is 3.47. The summed E-state index contributed by atoms with van der Waals surface area (Å²) in [5, 5.41) is 3.23. The number of piperazine rings is 1. The molecule has 0 radical (unpaired) electrons. The second kappa shape index (κ2) is 9.72. The van der Waals surface area contributed by atoms with Crippen molar-refractivity contribution in [1.29, 1.82) is 0 Å². The van der Waals surface area contributed by atoms with Crippen molar-refractivity contribution in [2.45, 2.75) is 38.8 Å². The van der Waals surface area contributed by atoms with Gasteiger partial charge in [-0.1, -0.05) is 35.0 Å². The van der Waals surface area contributed by atoms with Crippen molar-refractivity contribution < 1.29 is 9.59 Å². The van der Waals surface area contributed by atoms with Gasteiger partial charge in [0.15, 0.2) is 0 Å². The Kier molecular flexibility index (Phi) is 7.92. The highest BCUT2D eigenvalue weighted by Gasteiger charge is 2.32. The molecule has 2 heterocycles. The highest BCUT2D eigenvalue weighted by molar-refractivity contribution is 9.10. The van der Waals surface area contributed by atoms with Gasteiger partial charge in [-0.15, -0.1) is 12.4 Å². The molecule has 1 aromatic rings. The van der Waals surface area contributed by atoms with E-state index in [0.29, 0.717) is 19.0 Å². The number of halogens is 2. The quantitative estimate of drug-likeness (QED) is 0.777. The van der Waals surface area contributed by atoms with Gasteiger partial charge in [0.05, 0.1) is 12.5 Å². The van der Waals surface area contributed by atoms with E-state index in [-0.39, 0.29) is 30.6 Å². The van der Waals surface area contributed by atoms with Gasteiger partial charge in [-0.25, -0.2) is 0 Å². The van der Waals surface area contributed by atoms with E-state index in [4.69, 9.17) is 0 Å². The minimum absolute atomic E-state index is 0. The summed E-state index contributed by atoms with van der Waals surface area (Å²) in [7, 11) is 0. The topological polar surface area (TPSA) is 52.7 Å². The van der Waals surface area contributed by atoms with E-state index in [0.717, 1.165) is 42.5 Å². The third-order valence-corrected chi connectivity index (χ3v) is 5.65. The van der Waals surface area contributed by atoms with E-state index in [1.807, 2.05) is 34.1 Å². The summed E-state index contributed by atoms with van der Waals surface area (Å²) < 4.78 is 1.01. The van der Waals surface area contributed by atoms with E-state index < -0.39 is 6.04 Å². The average molecular weight is 445 g/mol. The molecule has 2 fully saturated rings. The molecular weight excluding hydrogens is 418 g/mol. The molecule has 144 valence electrons. The monoisotopic (exact) mass is 443 g/mol. The molecular formula is C19H27BrClN3O2. The fraction of sp³-hybridized carbons (Fsp3) is 0.579. The number of hydrogen-bond acceptors (Lipinski definition) is 3. The molecule has 0 spiro atoms. The summed E-state index contributed by atoms with van der Waals surface area (Å²) in [5.74, 6) is 0.825. The van der Waals surface area contributed by atoms with Gasteiger partial charge in [0.1, 0.15) is 0 Å². The maximum absolute atomic E-state index is 12.8. The Labute approximate surface area is 170 Å². The van der Waals surface area contributed by atoms with Gasteiger partial charge in [0.25, 0.3) is 0 Å². The SMILES string of the molecule is CC1CCN(C(=O)CC2NCCN(Cc3cccc(Br)c3)C2=O)CC1.Cl. The zero-order chi connectivity index (χ0) is 17.8. The minimum atomic E-state index is -0.396. The zero-order valence-corrected chi connectivity index (χ0v) is 17.5. The van der Waals surface area contributed by atoms with Crippen LogP contribution < -0.4 is 5.32 Å². The second-order valence-electron chi connectivity index (χ2n) is 7.16. The molecule has 3 rings (SSSR count). The van der Waals surface area contributed by atoms with Crippen LogP contribution in [0.5, 0.6) is 0 Å². The molecule has 2 saturated heterocycles. The molecule has 5 nitrogen and oxygen atoms in total. The first-order chi connectivity index (χ1) is 12.0. The van der Waals surface area contributed by atoms with Crippen LogP contribution in [0.25, 0.3) is 0 Å². The van der Waals surface area contributed by atoms with Crippen molar-refractivity contribution in [3.8, 4) is 0 Å². The lowest BCUT2D eigenvalue weighted by Gasteiger charge is -2.35. The van der Waals surface area contributed by atoms with Gasteiger partial charge >= 0.3 is 0 Å². The number of rotatable bonds is 4. The van der Waals surface area contributed by atoms with Gasteiger partial charge in [0.2, 0.25) is 11.8 Å². The average Bonchev–Trinajstić information content (AvgIpc) is 2.59. The van der Waals surface area contributed by atoms with Crippen molar-refractivity contribution in [3.05, 3.63) is 34.3 Å². The van der Waals surface area contributed by atoms with Gasteiger partial charge in [-0.2, -0.15) is 0 Å². The van der Waals surface area contributed by atoms with Crippen molar-refractivity contribution >= 4 is 40.2 Å². The van der Waals surface area contributed by atoms with Gasteiger partial charge < -0.3 is 15.1 Å². The fourth-order valence-corrected chi connectivity index (χ4v) is 3.97. The van der Waals surface area contributed by atoms with E-state index in [2.05, 4.69) is 28.2 Å². The molecule has 0 aromatic heterocycles. The van der Waals surface area contributed by atoms with Crippen LogP contribution >= 0.6 is 28.3 Å². The summed E-state index contributed by atoms with van der Waals surface area (Å²) in [6, 6.07) is 7.61. The Hall–Kier alpha value is -1.11. The Balaban J connectivity index is 0.00000243. The molecule has 0 aliphatic carbocycles. The van der Waals surface area contributed by atoms with Crippen LogP contribution in [-0.2, 0) is 16.1 Å². The fourth-order valence-electron chi connectivity index (χ4n) is 3.53. The second-order valence-corrected chi connectivity index (χ2v) is 8.08. The third-order valence-electron chi connectivity index (χ3n) is 5.16. The number of hydrogen-bond donors (Lipinski definition) is 1. The summed E-state index contributed by atoms with van der Waals surface area (Å²) in [6.45, 7) is 5.87. The predicted molar refractivity (Wildman–Crippen MR) is 108 cm³/mol. The molecule has 7 heteroatoms. The lowest BCUT2D eigenvalue weighted by atomic mass is 9.98. The van der Waals surface area contributed by atoms with Crippen LogP contribution in [0.1, 0.15) is 31.7 Å². The third kappa shape index (κ3) is 5.44. The number of amides is 2. The largest absolute Gasteiger partial charge is 0.343 e. The first kappa shape index (κ1) is 21.2. The molecule has 1 aromatic carbocycles. The van der Waals surface area contributed by atoms with Gasteiger partial charge in [-0.05, 0) is 36.5 Å². The normalized spacial score (nSPS) is 21.5. The molecule has 1 unspecified atom stereocenters. The Morgan fingerprint density at radius 1 is 1.27 bits per heavy atom. The number of likely N-dealkylation sites (tertiary alicyclic amines) is 1. The molecule has 0 saturated carbocycles. The molecule has 1 atom stereocenters. The molecule has 2 aliphatic heterocycles. The summed E-state index contributed by atoms with van der Waals surface area (Å²) in [4.78, 5) is 29.1. The lowest BCUT2D eigenvalue weighted by Crippen LogP contribution is -2.56. The van der Waals surface area contributed by atoms with Crippen LogP contribution in [-0.4, -0.2) is 53.8 Å². The first-order valence-electron chi connectivity index (χ1n) is 9.07. The maximum atomic E-state index is 12.8. The number of piperidine rings is 1. The Morgan fingerprint density at radius 3 is 2.69 bits per heavy atom. The van der Waals surface area contributed by atoms with Crippen LogP contribution in [0.4, 0.5) is 0 Å². The van der Waals surface area contributed by atoms with E-state index in [1.54, 1.807) is 0 Å². The van der Waals surface area contributed by atoms with Gasteiger partial charge in [0, 0.05) is 37.2 Å². The van der Waals surface area contributed by atoms with E-state index in [9.17, 15) is 9.59 Å². The maximum Gasteiger partial charge on any atom is 0.240 e. The highest BCUT2D eigenvalue weighted by atomic mass is 79.9. The number of benzene rings is 1. The van der Waals surface area contributed by atoms with Crippen molar-refractivity contribution in [1.82, 2.24) is 15.1 Å². The summed E-state index contributed by atoms with van der Waals surface area (Å²) in [6.07, 6.45) is 2.39. The Bertz CT molecular complexity index is 635. The van der Waals surface area contributed by atoms with Crippen molar-refractivity contribution in [2.75, 3.05) is 26.2 Å². The zero-order valence-electron chi connectivity index (χ0n) is 15.1. The van der Waals surface area contributed by atoms with E-state index >= 15 is 0 Å². The molecule has 1 N–H and O–H groups in total. The number of carbonyl (C=O) groups excluding carboxylic acids is 2. The van der Waals surface area contributed by atoms with Crippen molar-refractivity contribution in [2.24, 2.45) is 5.92 Å². The van der Waals surface area contributed by atoms with E-state index in [1.165, 1.54) is 0 Å². The van der Waals surface area contributed by atoms with Gasteiger partial charge in [-0.3, -0.25) is 9.59 Å². The van der Waals surface area contributed by atoms with Crippen molar-refractivity contribution in [3.63, 3.8) is 0 Å². The first-order valence-corrected chi connectivity index (χ1v) is 9.86. The molecule has 2 aliphatic rings. The number of nitrogens with one attached hydrogen (secondary N) is 1. The van der Waals surface area contributed by atoms with Crippen LogP contribution in [0.3, 0.4) is 0 Å². The van der Waals surface area contributed by atoms with Crippen LogP contribution in [0.2, 0.25) is 0 Å². The summed E-state index contributed by atoms with van der Waals surface area (Å²) in [5.41, 5.74) is 1.10. The smallest absolute Gasteiger partial charge is 0.240 e. The van der Waals surface area contributed by atoms with Crippen LogP contribution in [0.15, 0.2) is 28.7 Å². The molecule has 2 amide bonds. The molecule has 0 bridgehead atoms. The Morgan fingerprint density at radius 2 is 2.00 bits per heavy atom. The number of carbonyl (C=O) groups is 2. The van der Waals surface area contributed by atoms with Crippen LogP contribution in [0, 0.1) is 5.92 Å². The molecule has 26 heavy (non-hydrogen) atoms. The minimum Gasteiger partial charge on any atom is -0.343 e. The standard InChI is InChI=1S/C19H26BrN3O2.ClH/c1-14-5-8-22(9-6-14)18(24)12-17-19(25)23(10-7-21-17)13-15-3-2-4-16(20)11-15;/h2-4,11,14,17,21H,5-10,12-13H2,1H3;1H. The number of nitrogens with zero attached hydrogens (tertiary/aromatic N) is 2. The lowest BCUT2D eigenvalue weighted by molar-refractivity contribution is -0.142. The predicted octanol–water partition coefficient (Wildman–Crippen LogP) is 2.82. The highest BCUT2D eigenvalue weighted by Crippen LogP contribution is 2.19.